The molecule has 0 radical (unpaired) electrons. The zero-order valence-corrected chi connectivity index (χ0v) is 16.8. The number of rotatable bonds is 5. The van der Waals surface area contributed by atoms with Gasteiger partial charge in [-0.2, -0.15) is 0 Å². The first-order valence-corrected chi connectivity index (χ1v) is 9.93. The topological polar surface area (TPSA) is 112 Å². The van der Waals surface area contributed by atoms with Crippen molar-refractivity contribution in [3.05, 3.63) is 72.2 Å². The highest BCUT2D eigenvalue weighted by atomic mass is 16.3. The third-order valence-electron chi connectivity index (χ3n) is 5.37. The van der Waals surface area contributed by atoms with Crippen LogP contribution in [0.2, 0.25) is 0 Å². The number of benzene rings is 2. The fourth-order valence-electron chi connectivity index (χ4n) is 3.81. The molecule has 154 valence electrons. The van der Waals surface area contributed by atoms with E-state index in [1.54, 1.807) is 24.4 Å². The van der Waals surface area contributed by atoms with Crippen molar-refractivity contribution < 1.29 is 9.52 Å². The lowest BCUT2D eigenvalue weighted by molar-refractivity contribution is 0.450. The lowest BCUT2D eigenvalue weighted by atomic mass is 10.1. The van der Waals surface area contributed by atoms with E-state index in [0.29, 0.717) is 29.7 Å². The summed E-state index contributed by atoms with van der Waals surface area (Å²) in [6.45, 7) is 3.36. The van der Waals surface area contributed by atoms with Gasteiger partial charge in [-0.3, -0.25) is 10.4 Å². The molecule has 2 atom stereocenters. The minimum absolute atomic E-state index is 0.122. The summed E-state index contributed by atoms with van der Waals surface area (Å²) in [5.41, 5.74) is 9.05. The Morgan fingerprint density at radius 2 is 2.10 bits per heavy atom. The molecule has 1 aromatic heterocycles. The van der Waals surface area contributed by atoms with Crippen LogP contribution in [0.15, 0.2) is 70.5 Å². The highest BCUT2D eigenvalue weighted by Crippen LogP contribution is 2.26. The fraction of sp³-hybridized carbons (Fsp3) is 0.261. The van der Waals surface area contributed by atoms with E-state index in [9.17, 15) is 5.11 Å². The molecule has 1 aliphatic heterocycles. The van der Waals surface area contributed by atoms with Crippen molar-refractivity contribution >= 4 is 11.7 Å². The summed E-state index contributed by atoms with van der Waals surface area (Å²) in [6.07, 6.45) is 3.94. The van der Waals surface area contributed by atoms with Crippen LogP contribution in [0.4, 0.5) is 0 Å². The van der Waals surface area contributed by atoms with Crippen LogP contribution in [0, 0.1) is 11.3 Å². The Labute approximate surface area is 175 Å². The molecule has 0 bridgehead atoms. The van der Waals surface area contributed by atoms with Crippen molar-refractivity contribution in [3.8, 4) is 17.1 Å². The number of nitrogens with one attached hydrogen (secondary N) is 1. The molecule has 0 spiro atoms. The average molecular weight is 403 g/mol. The minimum atomic E-state index is -0.122. The number of aliphatic imine (C=N–C) groups is 1. The number of hydrogen-bond acceptors (Lipinski definition) is 5. The van der Waals surface area contributed by atoms with Crippen molar-refractivity contribution in [2.45, 2.75) is 25.9 Å². The Bertz CT molecular complexity index is 1040. The maximum Gasteiger partial charge on any atom is 0.181 e. The van der Waals surface area contributed by atoms with Gasteiger partial charge in [0.2, 0.25) is 0 Å². The lowest BCUT2D eigenvalue weighted by Crippen LogP contribution is -2.44. The molecule has 0 saturated carbocycles. The van der Waals surface area contributed by atoms with Crippen LogP contribution in [0.25, 0.3) is 11.3 Å². The van der Waals surface area contributed by atoms with Gasteiger partial charge in [0.15, 0.2) is 12.2 Å². The second-order valence-electron chi connectivity index (χ2n) is 7.71. The van der Waals surface area contributed by atoms with Gasteiger partial charge in [0.1, 0.15) is 17.4 Å². The Kier molecular flexibility index (Phi) is 5.52. The van der Waals surface area contributed by atoms with Gasteiger partial charge in [0.05, 0.1) is 18.8 Å². The molecule has 1 aliphatic rings. The van der Waals surface area contributed by atoms with E-state index in [-0.39, 0.29) is 11.8 Å². The Hall–Kier alpha value is -3.61. The Morgan fingerprint density at radius 1 is 1.30 bits per heavy atom. The number of aromatic hydroxyl groups is 1. The number of phenolic OH excluding ortho intramolecular Hbond substituents is 1. The molecular formula is C23H25N5O2. The molecule has 30 heavy (non-hydrogen) atoms. The molecule has 7 nitrogen and oxygen atoms in total. The van der Waals surface area contributed by atoms with Gasteiger partial charge >= 0.3 is 0 Å². The zero-order valence-electron chi connectivity index (χ0n) is 16.8. The first-order valence-electron chi connectivity index (χ1n) is 9.93. The predicted molar refractivity (Wildman–Crippen MR) is 116 cm³/mol. The highest BCUT2D eigenvalue weighted by molar-refractivity contribution is 6.00. The van der Waals surface area contributed by atoms with Crippen LogP contribution in [0.3, 0.4) is 0 Å². The summed E-state index contributed by atoms with van der Waals surface area (Å²) in [6, 6.07) is 14.6. The van der Waals surface area contributed by atoms with E-state index in [4.69, 9.17) is 15.6 Å². The largest absolute Gasteiger partial charge is 0.508 e. The van der Waals surface area contributed by atoms with E-state index in [1.165, 1.54) is 6.39 Å². The summed E-state index contributed by atoms with van der Waals surface area (Å²) >= 11 is 0. The summed E-state index contributed by atoms with van der Waals surface area (Å²) in [5, 5.41) is 18.4. The number of aromatic nitrogens is 1. The second-order valence-corrected chi connectivity index (χ2v) is 7.71. The average Bonchev–Trinajstić information content (AvgIpc) is 3.42. The SMILES string of the molecule is C[C@@H]1C[C@@H](C(N)=NCc2ccc(-c3cnco3)cc2)N(C(=N)c2cccc(O)c2)C1. The number of phenols is 1. The van der Waals surface area contributed by atoms with Gasteiger partial charge in [0, 0.05) is 17.7 Å². The number of nitrogens with zero attached hydrogens (tertiary/aromatic N) is 3. The Balaban J connectivity index is 1.47. The third-order valence-corrected chi connectivity index (χ3v) is 5.37. The maximum atomic E-state index is 9.75. The monoisotopic (exact) mass is 403 g/mol. The van der Waals surface area contributed by atoms with Gasteiger partial charge in [-0.25, -0.2) is 4.98 Å². The molecule has 2 heterocycles. The normalized spacial score (nSPS) is 19.2. The maximum absolute atomic E-state index is 9.75. The van der Waals surface area contributed by atoms with Gasteiger partial charge in [0.25, 0.3) is 0 Å². The summed E-state index contributed by atoms with van der Waals surface area (Å²) in [4.78, 5) is 10.5. The molecule has 3 aromatic rings. The number of likely N-dealkylation sites (tertiary alicyclic amines) is 1. The van der Waals surface area contributed by atoms with E-state index in [1.807, 2.05) is 35.2 Å². The van der Waals surface area contributed by atoms with Gasteiger partial charge in [-0.05, 0) is 30.0 Å². The molecule has 7 heteroatoms. The van der Waals surface area contributed by atoms with Crippen LogP contribution in [-0.2, 0) is 6.54 Å². The molecule has 1 saturated heterocycles. The first kappa shape index (κ1) is 19.7. The predicted octanol–water partition coefficient (Wildman–Crippen LogP) is 3.64. The molecule has 2 aromatic carbocycles. The van der Waals surface area contributed by atoms with Crippen LogP contribution in [-0.4, -0.2) is 39.2 Å². The van der Waals surface area contributed by atoms with Crippen LogP contribution < -0.4 is 5.73 Å². The Morgan fingerprint density at radius 3 is 2.80 bits per heavy atom. The fourth-order valence-corrected chi connectivity index (χ4v) is 3.81. The summed E-state index contributed by atoms with van der Waals surface area (Å²) in [5.74, 6) is 2.17. The summed E-state index contributed by atoms with van der Waals surface area (Å²) in [7, 11) is 0. The quantitative estimate of drug-likeness (QED) is 0.445. The number of nitrogens with two attached hydrogens (primary N) is 1. The molecule has 4 rings (SSSR count). The van der Waals surface area contributed by atoms with Gasteiger partial charge in [-0.15, -0.1) is 0 Å². The van der Waals surface area contributed by atoms with E-state index in [2.05, 4.69) is 16.9 Å². The number of oxazole rings is 1. The molecule has 0 amide bonds. The van der Waals surface area contributed by atoms with Crippen LogP contribution >= 0.6 is 0 Å². The van der Waals surface area contributed by atoms with Crippen molar-refractivity contribution in [1.29, 1.82) is 5.41 Å². The van der Waals surface area contributed by atoms with Crippen molar-refractivity contribution in [2.24, 2.45) is 16.6 Å². The minimum Gasteiger partial charge on any atom is -0.508 e. The van der Waals surface area contributed by atoms with Gasteiger partial charge in [-0.1, -0.05) is 43.3 Å². The van der Waals surface area contributed by atoms with E-state index >= 15 is 0 Å². The molecule has 1 fully saturated rings. The van der Waals surface area contributed by atoms with Crippen molar-refractivity contribution in [1.82, 2.24) is 9.88 Å². The molecule has 0 unspecified atom stereocenters. The van der Waals surface area contributed by atoms with E-state index in [0.717, 1.165) is 29.9 Å². The molecule has 0 aliphatic carbocycles. The van der Waals surface area contributed by atoms with Crippen LogP contribution in [0.5, 0.6) is 5.75 Å². The zero-order chi connectivity index (χ0) is 21.1. The highest BCUT2D eigenvalue weighted by Gasteiger charge is 2.34. The van der Waals surface area contributed by atoms with Crippen molar-refractivity contribution in [3.63, 3.8) is 0 Å². The third kappa shape index (κ3) is 4.20. The standard InChI is InChI=1S/C23H25N5O2/c1-15-9-20(28(13-15)23(25)18-3-2-4-19(29)10-18)22(24)27-11-16-5-7-17(8-6-16)21-12-26-14-30-21/h2-8,10,12,14-15,20,25,29H,9,11,13H2,1H3,(H2,24,27)/t15-,20+/m1/s1. The van der Waals surface area contributed by atoms with Crippen molar-refractivity contribution in [2.75, 3.05) is 6.54 Å². The number of hydrogen-bond donors (Lipinski definition) is 3. The van der Waals surface area contributed by atoms with Gasteiger partial charge < -0.3 is 20.2 Å². The summed E-state index contributed by atoms with van der Waals surface area (Å²) < 4.78 is 5.31. The second kappa shape index (κ2) is 8.41. The molecule has 4 N–H and O–H groups in total. The van der Waals surface area contributed by atoms with Crippen LogP contribution in [0.1, 0.15) is 24.5 Å². The smallest absolute Gasteiger partial charge is 0.181 e. The number of amidine groups is 2. The lowest BCUT2D eigenvalue weighted by Gasteiger charge is -2.27. The van der Waals surface area contributed by atoms with E-state index < -0.39 is 0 Å². The first-order chi connectivity index (χ1) is 14.5. The molecular weight excluding hydrogens is 378 g/mol.